The van der Waals surface area contributed by atoms with E-state index >= 15 is 0 Å². The van der Waals surface area contributed by atoms with Gasteiger partial charge in [-0.25, -0.2) is 9.37 Å². The van der Waals surface area contributed by atoms with Gasteiger partial charge in [-0.2, -0.15) is 0 Å². The molecule has 4 aromatic rings. The van der Waals surface area contributed by atoms with E-state index in [0.29, 0.717) is 17.4 Å². The lowest BCUT2D eigenvalue weighted by atomic mass is 10.2. The zero-order chi connectivity index (χ0) is 20.2. The summed E-state index contributed by atoms with van der Waals surface area (Å²) in [6, 6.07) is 14.1. The minimum Gasteiger partial charge on any atom is -0.332 e. The maximum atomic E-state index is 13.2. The van der Waals surface area contributed by atoms with Crippen LogP contribution >= 0.6 is 34.4 Å². The quantitative estimate of drug-likeness (QED) is 0.349. The lowest BCUT2D eigenvalue weighted by molar-refractivity contribution is -0.116. The van der Waals surface area contributed by atoms with Crippen LogP contribution in [0.4, 0.5) is 10.1 Å². The number of imidazole rings is 1. The molecule has 0 unspecified atom stereocenters. The zero-order valence-electron chi connectivity index (χ0n) is 15.6. The number of halogens is 1. The van der Waals surface area contributed by atoms with Crippen LogP contribution in [0, 0.1) is 5.82 Å². The predicted octanol–water partition coefficient (Wildman–Crippen LogP) is 6.15. The molecule has 0 atom stereocenters. The molecule has 1 aromatic carbocycles. The first-order chi connectivity index (χ1) is 14.2. The first kappa shape index (κ1) is 19.9. The van der Waals surface area contributed by atoms with E-state index in [4.69, 9.17) is 4.98 Å². The van der Waals surface area contributed by atoms with Crippen molar-refractivity contribution in [2.75, 3.05) is 17.2 Å². The molecule has 0 saturated carbocycles. The largest absolute Gasteiger partial charge is 0.332 e. The number of carbonyl (C=O) groups excluding carboxylic acids is 1. The van der Waals surface area contributed by atoms with Gasteiger partial charge in [0.05, 0.1) is 21.2 Å². The third kappa shape index (κ3) is 4.44. The van der Waals surface area contributed by atoms with E-state index in [1.165, 1.54) is 23.9 Å². The maximum absolute atomic E-state index is 13.2. The number of anilines is 1. The fourth-order valence-electron chi connectivity index (χ4n) is 2.94. The number of nitrogens with zero attached hydrogens (tertiary/aromatic N) is 2. The van der Waals surface area contributed by atoms with Crippen molar-refractivity contribution >= 4 is 46.0 Å². The van der Waals surface area contributed by atoms with Gasteiger partial charge in [0.1, 0.15) is 11.5 Å². The molecular formula is C21H18FN3OS3. The fraction of sp³-hybridized carbons (Fsp3) is 0.143. The van der Waals surface area contributed by atoms with Gasteiger partial charge in [-0.05, 0) is 54.1 Å². The van der Waals surface area contributed by atoms with E-state index in [2.05, 4.69) is 11.1 Å². The van der Waals surface area contributed by atoms with Crippen LogP contribution in [0.5, 0.6) is 0 Å². The highest BCUT2D eigenvalue weighted by Crippen LogP contribution is 2.36. The van der Waals surface area contributed by atoms with Crippen LogP contribution in [0.15, 0.2) is 64.4 Å². The topological polar surface area (TPSA) is 49.0 Å². The van der Waals surface area contributed by atoms with Gasteiger partial charge < -0.3 is 9.88 Å². The molecule has 0 radical (unpaired) electrons. The second-order valence-electron chi connectivity index (χ2n) is 6.12. The third-order valence-corrected chi connectivity index (χ3v) is 6.91. The SMILES string of the molecule is CCN(C(=O)CSc1nc(-c2cccs2)c(-c2cccs2)[nH]1)c1ccc(F)cc1. The molecule has 0 aliphatic carbocycles. The van der Waals surface area contributed by atoms with E-state index in [-0.39, 0.29) is 17.5 Å². The third-order valence-electron chi connectivity index (χ3n) is 4.29. The second-order valence-corrected chi connectivity index (χ2v) is 8.98. The molecule has 4 nitrogen and oxygen atoms in total. The number of thioether (sulfide) groups is 1. The number of nitrogens with one attached hydrogen (secondary N) is 1. The normalized spacial score (nSPS) is 11.0. The van der Waals surface area contributed by atoms with Crippen molar-refractivity contribution in [2.24, 2.45) is 0 Å². The molecule has 3 aromatic heterocycles. The van der Waals surface area contributed by atoms with Crippen molar-refractivity contribution in [3.63, 3.8) is 0 Å². The average molecular weight is 444 g/mol. The molecule has 0 bridgehead atoms. The number of rotatable bonds is 7. The number of hydrogen-bond donors (Lipinski definition) is 1. The molecule has 1 N–H and O–H groups in total. The van der Waals surface area contributed by atoms with Gasteiger partial charge in [0.2, 0.25) is 5.91 Å². The summed E-state index contributed by atoms with van der Waals surface area (Å²) in [4.78, 5) is 24.7. The van der Waals surface area contributed by atoms with E-state index < -0.39 is 0 Å². The number of H-pyrrole nitrogens is 1. The number of benzene rings is 1. The highest BCUT2D eigenvalue weighted by atomic mass is 32.2. The Morgan fingerprint density at radius 1 is 1.10 bits per heavy atom. The average Bonchev–Trinajstić information content (AvgIpc) is 3.48. The van der Waals surface area contributed by atoms with Crippen LogP contribution in [-0.4, -0.2) is 28.2 Å². The molecule has 4 rings (SSSR count). The first-order valence-corrected chi connectivity index (χ1v) is 11.8. The van der Waals surface area contributed by atoms with Crippen LogP contribution in [0.2, 0.25) is 0 Å². The number of amides is 1. The number of aromatic nitrogens is 2. The van der Waals surface area contributed by atoms with Crippen LogP contribution < -0.4 is 4.90 Å². The Hall–Kier alpha value is -2.42. The van der Waals surface area contributed by atoms with Crippen LogP contribution in [0.3, 0.4) is 0 Å². The molecule has 8 heteroatoms. The number of thiophene rings is 2. The van der Waals surface area contributed by atoms with Crippen molar-refractivity contribution in [2.45, 2.75) is 12.1 Å². The van der Waals surface area contributed by atoms with Crippen LogP contribution in [-0.2, 0) is 4.79 Å². The van der Waals surface area contributed by atoms with Gasteiger partial charge in [0, 0.05) is 12.2 Å². The standard InChI is InChI=1S/C21H18FN3OS3/c1-2-25(15-9-7-14(22)8-10-15)18(26)13-29-21-23-19(16-5-3-11-27-16)20(24-21)17-6-4-12-28-17/h3-12H,2,13H2,1H3,(H,23,24). The Morgan fingerprint density at radius 2 is 1.79 bits per heavy atom. The van der Waals surface area contributed by atoms with E-state index in [1.54, 1.807) is 39.7 Å². The second kappa shape index (κ2) is 8.94. The monoisotopic (exact) mass is 443 g/mol. The maximum Gasteiger partial charge on any atom is 0.237 e. The molecule has 1 amide bonds. The summed E-state index contributed by atoms with van der Waals surface area (Å²) >= 11 is 4.67. The predicted molar refractivity (Wildman–Crippen MR) is 120 cm³/mol. The smallest absolute Gasteiger partial charge is 0.237 e. The van der Waals surface area contributed by atoms with Gasteiger partial charge in [-0.15, -0.1) is 22.7 Å². The van der Waals surface area contributed by atoms with Crippen molar-refractivity contribution in [3.8, 4) is 21.1 Å². The summed E-state index contributed by atoms with van der Waals surface area (Å²) in [7, 11) is 0. The van der Waals surface area contributed by atoms with Crippen molar-refractivity contribution in [3.05, 3.63) is 65.1 Å². The Bertz CT molecular complexity index is 1020. The Labute approximate surface area is 180 Å². The minimum atomic E-state index is -0.315. The highest BCUT2D eigenvalue weighted by molar-refractivity contribution is 7.99. The summed E-state index contributed by atoms with van der Waals surface area (Å²) in [6.07, 6.45) is 0. The van der Waals surface area contributed by atoms with E-state index in [1.807, 2.05) is 35.9 Å². The molecule has 0 aliphatic rings. The zero-order valence-corrected chi connectivity index (χ0v) is 18.0. The lowest BCUT2D eigenvalue weighted by Crippen LogP contribution is -2.32. The molecular weight excluding hydrogens is 425 g/mol. The van der Waals surface area contributed by atoms with Crippen LogP contribution in [0.1, 0.15) is 6.92 Å². The van der Waals surface area contributed by atoms with Crippen molar-refractivity contribution in [1.82, 2.24) is 9.97 Å². The Balaban J connectivity index is 1.53. The minimum absolute atomic E-state index is 0.0455. The highest BCUT2D eigenvalue weighted by Gasteiger charge is 2.19. The number of carbonyl (C=O) groups is 1. The molecule has 29 heavy (non-hydrogen) atoms. The van der Waals surface area contributed by atoms with Crippen LogP contribution in [0.25, 0.3) is 21.1 Å². The molecule has 0 spiro atoms. The van der Waals surface area contributed by atoms with Gasteiger partial charge in [0.15, 0.2) is 5.16 Å². The Kier molecular flexibility index (Phi) is 6.13. The summed E-state index contributed by atoms with van der Waals surface area (Å²) in [5.74, 6) is -0.118. The summed E-state index contributed by atoms with van der Waals surface area (Å²) in [5, 5.41) is 4.77. The van der Waals surface area contributed by atoms with E-state index in [0.717, 1.165) is 21.1 Å². The lowest BCUT2D eigenvalue weighted by Gasteiger charge is -2.20. The molecule has 0 aliphatic heterocycles. The number of hydrogen-bond acceptors (Lipinski definition) is 5. The first-order valence-electron chi connectivity index (χ1n) is 9.02. The summed E-state index contributed by atoms with van der Waals surface area (Å²) in [6.45, 7) is 2.42. The van der Waals surface area contributed by atoms with Gasteiger partial charge in [-0.3, -0.25) is 4.79 Å². The van der Waals surface area contributed by atoms with Gasteiger partial charge in [0.25, 0.3) is 0 Å². The molecule has 3 heterocycles. The van der Waals surface area contributed by atoms with Crippen molar-refractivity contribution < 1.29 is 9.18 Å². The molecule has 0 saturated heterocycles. The molecule has 148 valence electrons. The Morgan fingerprint density at radius 3 is 2.41 bits per heavy atom. The number of aromatic amines is 1. The summed E-state index contributed by atoms with van der Waals surface area (Å²) < 4.78 is 13.2. The van der Waals surface area contributed by atoms with Crippen molar-refractivity contribution in [1.29, 1.82) is 0 Å². The van der Waals surface area contributed by atoms with Gasteiger partial charge >= 0.3 is 0 Å². The van der Waals surface area contributed by atoms with Gasteiger partial charge in [-0.1, -0.05) is 23.9 Å². The fourth-order valence-corrected chi connectivity index (χ4v) is 5.14. The molecule has 0 fully saturated rings. The summed E-state index contributed by atoms with van der Waals surface area (Å²) in [5.41, 5.74) is 2.57. The van der Waals surface area contributed by atoms with E-state index in [9.17, 15) is 9.18 Å².